The molecule has 94 valence electrons. The van der Waals surface area contributed by atoms with E-state index in [1.807, 2.05) is 38.1 Å². The van der Waals surface area contributed by atoms with Crippen molar-refractivity contribution >= 4 is 17.5 Å². The highest BCUT2D eigenvalue weighted by molar-refractivity contribution is 6.30. The third kappa shape index (κ3) is 4.36. The number of carbonyl (C=O) groups excluding carboxylic acids is 1. The van der Waals surface area contributed by atoms with Gasteiger partial charge in [0, 0.05) is 18.1 Å². The number of nitrogens with one attached hydrogen (secondary N) is 1. The topological polar surface area (TPSA) is 55.1 Å². The van der Waals surface area contributed by atoms with E-state index in [-0.39, 0.29) is 17.7 Å². The van der Waals surface area contributed by atoms with Gasteiger partial charge in [-0.15, -0.1) is 0 Å². The smallest absolute Gasteiger partial charge is 0.224 e. The van der Waals surface area contributed by atoms with Crippen molar-refractivity contribution in [3.05, 3.63) is 34.9 Å². The zero-order valence-corrected chi connectivity index (χ0v) is 11.0. The molecule has 0 aliphatic rings. The second kappa shape index (κ2) is 6.62. The summed E-state index contributed by atoms with van der Waals surface area (Å²) in [5, 5.41) is 3.56. The highest BCUT2D eigenvalue weighted by Crippen LogP contribution is 2.12. The number of hydrogen-bond donors (Lipinski definition) is 2. The Bertz CT molecular complexity index is 379. The lowest BCUT2D eigenvalue weighted by atomic mass is 9.95. The van der Waals surface area contributed by atoms with Gasteiger partial charge in [0.05, 0.1) is 5.92 Å². The summed E-state index contributed by atoms with van der Waals surface area (Å²) in [5.74, 6) is 0.121. The van der Waals surface area contributed by atoms with Gasteiger partial charge in [-0.1, -0.05) is 37.6 Å². The second-order valence-corrected chi connectivity index (χ2v) is 4.87. The number of rotatable bonds is 5. The van der Waals surface area contributed by atoms with Crippen LogP contribution in [0.25, 0.3) is 0 Å². The van der Waals surface area contributed by atoms with Crippen molar-refractivity contribution in [2.45, 2.75) is 20.4 Å². The van der Waals surface area contributed by atoms with Gasteiger partial charge in [0.25, 0.3) is 0 Å². The van der Waals surface area contributed by atoms with Crippen LogP contribution in [-0.4, -0.2) is 12.5 Å². The van der Waals surface area contributed by atoms with E-state index >= 15 is 0 Å². The summed E-state index contributed by atoms with van der Waals surface area (Å²) in [6.45, 7) is 4.86. The molecule has 3 nitrogen and oxygen atoms in total. The summed E-state index contributed by atoms with van der Waals surface area (Å²) in [7, 11) is 0. The van der Waals surface area contributed by atoms with Crippen LogP contribution < -0.4 is 11.1 Å². The first-order valence-electron chi connectivity index (χ1n) is 5.76. The number of halogens is 1. The third-order valence-electron chi connectivity index (χ3n) is 2.75. The molecule has 0 aliphatic heterocycles. The minimum Gasteiger partial charge on any atom is -0.352 e. The molecule has 0 saturated heterocycles. The minimum atomic E-state index is -0.130. The minimum absolute atomic E-state index is 0.00229. The van der Waals surface area contributed by atoms with Crippen LogP contribution in [0, 0.1) is 11.8 Å². The monoisotopic (exact) mass is 254 g/mol. The van der Waals surface area contributed by atoms with Gasteiger partial charge >= 0.3 is 0 Å². The Labute approximate surface area is 107 Å². The largest absolute Gasteiger partial charge is 0.352 e. The molecular weight excluding hydrogens is 236 g/mol. The molecule has 1 aromatic rings. The molecule has 0 aliphatic carbocycles. The summed E-state index contributed by atoms with van der Waals surface area (Å²) < 4.78 is 0. The number of amides is 1. The predicted octanol–water partition coefficient (Wildman–Crippen LogP) is 2.19. The van der Waals surface area contributed by atoms with E-state index in [1.54, 1.807) is 0 Å². The molecular formula is C13H19ClN2O. The van der Waals surface area contributed by atoms with E-state index in [4.69, 9.17) is 17.3 Å². The van der Waals surface area contributed by atoms with Crippen LogP contribution in [0.2, 0.25) is 5.02 Å². The van der Waals surface area contributed by atoms with Crippen LogP contribution in [0.15, 0.2) is 24.3 Å². The van der Waals surface area contributed by atoms with Gasteiger partial charge in [-0.25, -0.2) is 0 Å². The molecule has 1 aromatic carbocycles. The molecule has 4 heteroatoms. The van der Waals surface area contributed by atoms with Gasteiger partial charge in [-0.05, 0) is 23.6 Å². The van der Waals surface area contributed by atoms with Crippen LogP contribution in [0.3, 0.4) is 0 Å². The van der Waals surface area contributed by atoms with Gasteiger partial charge in [0.1, 0.15) is 0 Å². The summed E-state index contributed by atoms with van der Waals surface area (Å²) in [6, 6.07) is 7.45. The molecule has 0 fully saturated rings. The van der Waals surface area contributed by atoms with Crippen molar-refractivity contribution in [3.8, 4) is 0 Å². The second-order valence-electron chi connectivity index (χ2n) is 4.43. The van der Waals surface area contributed by atoms with Gasteiger partial charge in [0.2, 0.25) is 5.91 Å². The maximum atomic E-state index is 11.8. The first kappa shape index (κ1) is 14.0. The molecule has 3 N–H and O–H groups in total. The van der Waals surface area contributed by atoms with Crippen molar-refractivity contribution < 1.29 is 4.79 Å². The van der Waals surface area contributed by atoms with Gasteiger partial charge in [-0.3, -0.25) is 4.79 Å². The molecule has 1 rings (SSSR count). The normalized spacial score (nSPS) is 12.5. The van der Waals surface area contributed by atoms with Crippen LogP contribution in [0.1, 0.15) is 19.4 Å². The summed E-state index contributed by atoms with van der Waals surface area (Å²) in [4.78, 5) is 11.8. The lowest BCUT2D eigenvalue weighted by Crippen LogP contribution is -2.37. The van der Waals surface area contributed by atoms with E-state index in [2.05, 4.69) is 5.32 Å². The molecule has 0 aromatic heterocycles. The van der Waals surface area contributed by atoms with E-state index in [9.17, 15) is 4.79 Å². The van der Waals surface area contributed by atoms with Gasteiger partial charge in [-0.2, -0.15) is 0 Å². The number of nitrogens with two attached hydrogens (primary N) is 1. The first-order valence-corrected chi connectivity index (χ1v) is 6.14. The summed E-state index contributed by atoms with van der Waals surface area (Å²) in [6.07, 6.45) is 0. The molecule has 1 amide bonds. The predicted molar refractivity (Wildman–Crippen MR) is 70.7 cm³/mol. The summed E-state index contributed by atoms with van der Waals surface area (Å²) >= 11 is 5.87. The number of benzene rings is 1. The highest BCUT2D eigenvalue weighted by Gasteiger charge is 2.19. The van der Waals surface area contributed by atoms with Crippen LogP contribution in [0.5, 0.6) is 0 Å². The lowest BCUT2D eigenvalue weighted by molar-refractivity contribution is -0.126. The van der Waals surface area contributed by atoms with E-state index in [0.29, 0.717) is 18.1 Å². The molecule has 17 heavy (non-hydrogen) atoms. The Morgan fingerprint density at radius 1 is 1.47 bits per heavy atom. The van der Waals surface area contributed by atoms with E-state index < -0.39 is 0 Å². The van der Waals surface area contributed by atoms with Crippen molar-refractivity contribution in [1.82, 2.24) is 5.32 Å². The molecule has 0 spiro atoms. The van der Waals surface area contributed by atoms with Crippen LogP contribution in [-0.2, 0) is 11.3 Å². The zero-order valence-electron chi connectivity index (χ0n) is 10.2. The number of carbonyl (C=O) groups is 1. The Hall–Kier alpha value is -1.06. The Morgan fingerprint density at radius 2 is 2.18 bits per heavy atom. The van der Waals surface area contributed by atoms with Crippen molar-refractivity contribution in [1.29, 1.82) is 0 Å². The standard InChI is InChI=1S/C13H19ClN2O/c1-9(2)12(7-15)13(17)16-8-10-4-3-5-11(14)6-10/h3-6,9,12H,7-8,15H2,1-2H3,(H,16,17). The quantitative estimate of drug-likeness (QED) is 0.846. The maximum Gasteiger partial charge on any atom is 0.224 e. The highest BCUT2D eigenvalue weighted by atomic mass is 35.5. The fraction of sp³-hybridized carbons (Fsp3) is 0.462. The Balaban J connectivity index is 2.53. The molecule has 0 radical (unpaired) electrons. The van der Waals surface area contributed by atoms with Crippen LogP contribution in [0.4, 0.5) is 0 Å². The molecule has 0 saturated carbocycles. The Kier molecular flexibility index (Phi) is 5.45. The van der Waals surface area contributed by atoms with E-state index in [0.717, 1.165) is 5.56 Å². The molecule has 1 atom stereocenters. The molecule has 0 heterocycles. The van der Waals surface area contributed by atoms with Crippen molar-refractivity contribution in [2.24, 2.45) is 17.6 Å². The molecule has 0 bridgehead atoms. The third-order valence-corrected chi connectivity index (χ3v) is 2.99. The Morgan fingerprint density at radius 3 is 2.71 bits per heavy atom. The lowest BCUT2D eigenvalue weighted by Gasteiger charge is -2.18. The van der Waals surface area contributed by atoms with Crippen molar-refractivity contribution in [3.63, 3.8) is 0 Å². The summed E-state index contributed by atoms with van der Waals surface area (Å²) in [5.41, 5.74) is 6.58. The fourth-order valence-electron chi connectivity index (χ4n) is 1.65. The molecule has 1 unspecified atom stereocenters. The maximum absolute atomic E-state index is 11.8. The van der Waals surface area contributed by atoms with Crippen LogP contribution >= 0.6 is 11.6 Å². The van der Waals surface area contributed by atoms with Gasteiger partial charge < -0.3 is 11.1 Å². The number of hydrogen-bond acceptors (Lipinski definition) is 2. The van der Waals surface area contributed by atoms with E-state index in [1.165, 1.54) is 0 Å². The first-order chi connectivity index (χ1) is 8.04. The fourth-order valence-corrected chi connectivity index (χ4v) is 1.86. The average Bonchev–Trinajstić information content (AvgIpc) is 2.27. The van der Waals surface area contributed by atoms with Crippen molar-refractivity contribution in [2.75, 3.05) is 6.54 Å². The average molecular weight is 255 g/mol. The zero-order chi connectivity index (χ0) is 12.8. The SMILES string of the molecule is CC(C)C(CN)C(=O)NCc1cccc(Cl)c1. The van der Waals surface area contributed by atoms with Gasteiger partial charge in [0.15, 0.2) is 0 Å².